The molecule has 1 atom stereocenters. The van der Waals surface area contributed by atoms with Gasteiger partial charge in [0.05, 0.1) is 0 Å². The summed E-state index contributed by atoms with van der Waals surface area (Å²) in [4.78, 5) is 18.8. The van der Waals surface area contributed by atoms with Crippen molar-refractivity contribution in [1.82, 2.24) is 14.2 Å². The van der Waals surface area contributed by atoms with E-state index in [1.165, 1.54) is 15.3 Å². The van der Waals surface area contributed by atoms with E-state index in [9.17, 15) is 13.2 Å². The van der Waals surface area contributed by atoms with Crippen LogP contribution < -0.4 is 0 Å². The van der Waals surface area contributed by atoms with Crippen molar-refractivity contribution in [1.29, 1.82) is 0 Å². The van der Waals surface area contributed by atoms with Gasteiger partial charge in [0.15, 0.2) is 0 Å². The number of rotatable bonds is 5. The second-order valence-corrected chi connectivity index (χ2v) is 10.3. The first kappa shape index (κ1) is 22.7. The van der Waals surface area contributed by atoms with Crippen molar-refractivity contribution in [2.45, 2.75) is 19.3 Å². The Morgan fingerprint density at radius 3 is 2.34 bits per heavy atom. The lowest BCUT2D eigenvalue weighted by molar-refractivity contribution is -0.136. The van der Waals surface area contributed by atoms with Crippen LogP contribution in [0.4, 0.5) is 0 Å². The van der Waals surface area contributed by atoms with Gasteiger partial charge in [-0.05, 0) is 66.3 Å². The molecule has 1 aromatic heterocycles. The first-order valence-corrected chi connectivity index (χ1v) is 12.6. The number of allylic oxidation sites excluding steroid dienone is 2. The van der Waals surface area contributed by atoms with Gasteiger partial charge in [-0.3, -0.25) is 9.78 Å². The highest BCUT2D eigenvalue weighted by molar-refractivity contribution is 7.92. The molecular formula is C24H26ClN3O3S. The van der Waals surface area contributed by atoms with E-state index in [1.807, 2.05) is 17.0 Å². The van der Waals surface area contributed by atoms with Crippen LogP contribution in [0.2, 0.25) is 5.02 Å². The van der Waals surface area contributed by atoms with Crippen LogP contribution in [-0.4, -0.2) is 54.7 Å². The fourth-order valence-corrected chi connectivity index (χ4v) is 5.43. The Hall–Kier alpha value is -2.48. The molecule has 1 fully saturated rings. The molecule has 4 rings (SSSR count). The third kappa shape index (κ3) is 5.46. The quantitative estimate of drug-likeness (QED) is 0.659. The van der Waals surface area contributed by atoms with E-state index in [1.54, 1.807) is 42.7 Å². The summed E-state index contributed by atoms with van der Waals surface area (Å²) in [7, 11) is -3.54. The van der Waals surface area contributed by atoms with Gasteiger partial charge in [0, 0.05) is 54.9 Å². The van der Waals surface area contributed by atoms with Crippen molar-refractivity contribution in [3.8, 4) is 0 Å². The molecule has 2 aromatic rings. The predicted molar refractivity (Wildman–Crippen MR) is 127 cm³/mol. The highest BCUT2D eigenvalue weighted by Crippen LogP contribution is 2.31. The van der Waals surface area contributed by atoms with Crippen LogP contribution in [-0.2, 0) is 14.8 Å². The van der Waals surface area contributed by atoms with Crippen molar-refractivity contribution in [2.24, 2.45) is 5.92 Å². The molecule has 0 saturated carbocycles. The standard InChI is InChI=1S/C24H26ClN3O3S/c25-23-7-1-19(2-8-23)11-18-32(30,31)28-16-14-27(15-17-28)24(29)22-5-3-20(4-6-22)21-9-12-26-13-10-21/h1-3,7-13,18,22H,4-6,14-17H2/t22-/m1/s1. The molecule has 2 aliphatic rings. The van der Waals surface area contributed by atoms with Crippen LogP contribution in [0.25, 0.3) is 11.6 Å². The molecular weight excluding hydrogens is 446 g/mol. The van der Waals surface area contributed by atoms with Crippen LogP contribution in [0.15, 0.2) is 60.3 Å². The summed E-state index contributed by atoms with van der Waals surface area (Å²) in [5, 5.41) is 1.83. The lowest BCUT2D eigenvalue weighted by atomic mass is 9.86. The van der Waals surface area contributed by atoms with Crippen LogP contribution in [0, 0.1) is 5.92 Å². The number of aromatic nitrogens is 1. The van der Waals surface area contributed by atoms with Gasteiger partial charge in [-0.2, -0.15) is 4.31 Å². The van der Waals surface area contributed by atoms with E-state index in [4.69, 9.17) is 11.6 Å². The van der Waals surface area contributed by atoms with Gasteiger partial charge in [-0.25, -0.2) is 8.42 Å². The molecule has 0 spiro atoms. The number of piperazine rings is 1. The van der Waals surface area contributed by atoms with Gasteiger partial charge in [0.25, 0.3) is 0 Å². The summed E-state index contributed by atoms with van der Waals surface area (Å²) in [6.45, 7) is 1.46. The van der Waals surface area contributed by atoms with Crippen LogP contribution in [0.3, 0.4) is 0 Å². The minimum atomic E-state index is -3.54. The summed E-state index contributed by atoms with van der Waals surface area (Å²) < 4.78 is 26.8. The SMILES string of the molecule is O=C([C@@H]1CC=C(c2ccncc2)CC1)N1CCN(S(=O)(=O)C=Cc2ccc(Cl)cc2)CC1. The lowest BCUT2D eigenvalue weighted by Crippen LogP contribution is -2.51. The minimum absolute atomic E-state index is 0.0338. The average Bonchev–Trinajstić information content (AvgIpc) is 2.84. The van der Waals surface area contributed by atoms with Gasteiger partial charge in [-0.15, -0.1) is 0 Å². The number of hydrogen-bond acceptors (Lipinski definition) is 4. The number of nitrogens with zero attached hydrogens (tertiary/aromatic N) is 3. The number of benzene rings is 1. The molecule has 2 heterocycles. The first-order valence-electron chi connectivity index (χ1n) is 10.7. The van der Waals surface area contributed by atoms with Crippen LogP contribution >= 0.6 is 11.6 Å². The summed E-state index contributed by atoms with van der Waals surface area (Å²) in [5.74, 6) is 0.0947. The molecule has 1 saturated heterocycles. The third-order valence-electron chi connectivity index (χ3n) is 6.02. The van der Waals surface area contributed by atoms with Gasteiger partial charge >= 0.3 is 0 Å². The van der Waals surface area contributed by atoms with Crippen molar-refractivity contribution in [3.63, 3.8) is 0 Å². The second kappa shape index (κ2) is 9.98. The lowest BCUT2D eigenvalue weighted by Gasteiger charge is -2.36. The van der Waals surface area contributed by atoms with Crippen LogP contribution in [0.5, 0.6) is 0 Å². The maximum atomic E-state index is 13.0. The number of sulfonamides is 1. The molecule has 0 bridgehead atoms. The Balaban J connectivity index is 1.31. The molecule has 8 heteroatoms. The van der Waals surface area contributed by atoms with E-state index in [2.05, 4.69) is 11.1 Å². The van der Waals surface area contributed by atoms with Gasteiger partial charge < -0.3 is 4.90 Å². The molecule has 1 aliphatic heterocycles. The molecule has 0 radical (unpaired) electrons. The number of halogens is 1. The van der Waals surface area contributed by atoms with Crippen molar-refractivity contribution >= 4 is 39.2 Å². The largest absolute Gasteiger partial charge is 0.340 e. The third-order valence-corrected chi connectivity index (χ3v) is 7.84. The van der Waals surface area contributed by atoms with Crippen molar-refractivity contribution in [3.05, 3.63) is 76.4 Å². The van der Waals surface area contributed by atoms with E-state index < -0.39 is 10.0 Å². The van der Waals surface area contributed by atoms with E-state index in [-0.39, 0.29) is 11.8 Å². The Morgan fingerprint density at radius 1 is 1.03 bits per heavy atom. The monoisotopic (exact) mass is 471 g/mol. The Bertz CT molecular complexity index is 1110. The van der Waals surface area contributed by atoms with Crippen molar-refractivity contribution < 1.29 is 13.2 Å². The van der Waals surface area contributed by atoms with Gasteiger partial charge in [0.2, 0.25) is 15.9 Å². The Kier molecular flexibility index (Phi) is 7.08. The highest BCUT2D eigenvalue weighted by atomic mass is 35.5. The zero-order chi connectivity index (χ0) is 22.6. The minimum Gasteiger partial charge on any atom is -0.340 e. The summed E-state index contributed by atoms with van der Waals surface area (Å²) in [6.07, 6.45) is 9.69. The topological polar surface area (TPSA) is 70.6 Å². The maximum absolute atomic E-state index is 13.0. The molecule has 6 nitrogen and oxygen atoms in total. The number of carbonyl (C=O) groups is 1. The molecule has 168 valence electrons. The average molecular weight is 472 g/mol. The smallest absolute Gasteiger partial charge is 0.236 e. The molecule has 1 aromatic carbocycles. The highest BCUT2D eigenvalue weighted by Gasteiger charge is 2.31. The zero-order valence-corrected chi connectivity index (χ0v) is 19.3. The maximum Gasteiger partial charge on any atom is 0.236 e. The fraction of sp³-hybridized carbons (Fsp3) is 0.333. The summed E-state index contributed by atoms with van der Waals surface area (Å²) in [6, 6.07) is 11.0. The number of pyridine rings is 1. The second-order valence-electron chi connectivity index (χ2n) is 8.06. The normalized spacial score (nSPS) is 20.3. The van der Waals surface area contributed by atoms with E-state index >= 15 is 0 Å². The number of carbonyl (C=O) groups excluding carboxylic acids is 1. The van der Waals surface area contributed by atoms with Crippen LogP contribution in [0.1, 0.15) is 30.4 Å². The number of hydrogen-bond donors (Lipinski definition) is 0. The fourth-order valence-electron chi connectivity index (χ4n) is 4.13. The first-order chi connectivity index (χ1) is 15.4. The van der Waals surface area contributed by atoms with Gasteiger partial charge in [-0.1, -0.05) is 29.8 Å². The van der Waals surface area contributed by atoms with E-state index in [0.29, 0.717) is 31.2 Å². The Morgan fingerprint density at radius 2 is 1.72 bits per heavy atom. The predicted octanol–water partition coefficient (Wildman–Crippen LogP) is 4.06. The molecule has 1 amide bonds. The molecule has 0 unspecified atom stereocenters. The molecule has 1 aliphatic carbocycles. The zero-order valence-electron chi connectivity index (χ0n) is 17.7. The van der Waals surface area contributed by atoms with E-state index in [0.717, 1.165) is 30.4 Å². The molecule has 32 heavy (non-hydrogen) atoms. The Labute approximate surface area is 194 Å². The van der Waals surface area contributed by atoms with Gasteiger partial charge in [0.1, 0.15) is 0 Å². The number of amides is 1. The summed E-state index contributed by atoms with van der Waals surface area (Å²) in [5.41, 5.74) is 3.19. The van der Waals surface area contributed by atoms with Crippen molar-refractivity contribution in [2.75, 3.05) is 26.2 Å². The molecule has 0 N–H and O–H groups in total. The summed E-state index contributed by atoms with van der Waals surface area (Å²) >= 11 is 5.87.